The number of allylic oxidation sites excluding steroid dienone is 1. The molecule has 2 unspecified atom stereocenters. The molecule has 0 spiro atoms. The van der Waals surface area contributed by atoms with E-state index in [0.717, 1.165) is 69.8 Å². The van der Waals surface area contributed by atoms with Crippen LogP contribution in [0.4, 0.5) is 0 Å². The maximum atomic E-state index is 12.3. The molecule has 0 amide bonds. The highest BCUT2D eigenvalue weighted by Crippen LogP contribution is 2.16. The first kappa shape index (κ1) is 33.2. The molecule has 0 aliphatic heterocycles. The van der Waals surface area contributed by atoms with E-state index in [-0.39, 0.29) is 24.0 Å². The number of unbranched alkanes of at least 4 members (excludes halogenated alkanes) is 12. The minimum atomic E-state index is -0.352. The number of esters is 2. The van der Waals surface area contributed by atoms with E-state index < -0.39 is 0 Å². The second-order valence-corrected chi connectivity index (χ2v) is 10.0. The van der Waals surface area contributed by atoms with E-state index in [1.54, 1.807) is 0 Å². The molecule has 0 fully saturated rings. The summed E-state index contributed by atoms with van der Waals surface area (Å²) in [4.78, 5) is 24.1. The van der Waals surface area contributed by atoms with Crippen LogP contribution in [0, 0.1) is 17.8 Å². The van der Waals surface area contributed by atoms with Crippen LogP contribution in [0.25, 0.3) is 0 Å². The van der Waals surface area contributed by atoms with Crippen LogP contribution in [0.15, 0.2) is 12.2 Å². The normalized spacial score (nSPS) is 12.3. The van der Waals surface area contributed by atoms with Crippen molar-refractivity contribution < 1.29 is 19.1 Å². The molecular formula is C31H54O4. The average molecular weight is 491 g/mol. The fourth-order valence-electron chi connectivity index (χ4n) is 4.03. The third kappa shape index (κ3) is 22.4. The molecule has 202 valence electrons. The number of hydrogen-bond acceptors (Lipinski definition) is 4. The maximum absolute atomic E-state index is 12.3. The zero-order valence-corrected chi connectivity index (χ0v) is 23.4. The van der Waals surface area contributed by atoms with Crippen LogP contribution in [0.2, 0.25) is 0 Å². The van der Waals surface area contributed by atoms with Gasteiger partial charge >= 0.3 is 11.9 Å². The van der Waals surface area contributed by atoms with Crippen molar-refractivity contribution in [3.05, 3.63) is 12.2 Å². The highest BCUT2D eigenvalue weighted by molar-refractivity contribution is 5.70. The minimum absolute atomic E-state index is 0.0581. The first-order valence-corrected chi connectivity index (χ1v) is 14.4. The quantitative estimate of drug-likeness (QED) is 0.0865. The predicted molar refractivity (Wildman–Crippen MR) is 147 cm³/mol. The molecule has 0 saturated heterocycles. The van der Waals surface area contributed by atoms with Crippen molar-refractivity contribution >= 4 is 11.9 Å². The standard InChI is InChI=1S/C31H54O4/c1-6-8-9-10-11-14-17-20-26-34-30(32)22-18-15-12-13-16-19-23-31(33)35-29(25-24-27(3)4)28(5)21-7-2/h28-29H,3,6-23,26H2,1-2,4-5H3. The van der Waals surface area contributed by atoms with E-state index in [1.807, 2.05) is 6.92 Å². The van der Waals surface area contributed by atoms with Gasteiger partial charge in [0.25, 0.3) is 0 Å². The lowest BCUT2D eigenvalue weighted by molar-refractivity contribution is -0.148. The van der Waals surface area contributed by atoms with Gasteiger partial charge in [-0.3, -0.25) is 9.59 Å². The number of carbonyl (C=O) groups is 2. The molecule has 0 aromatic rings. The third-order valence-corrected chi connectivity index (χ3v) is 6.22. The van der Waals surface area contributed by atoms with Gasteiger partial charge < -0.3 is 9.47 Å². The van der Waals surface area contributed by atoms with Gasteiger partial charge in [0.2, 0.25) is 0 Å². The van der Waals surface area contributed by atoms with E-state index in [9.17, 15) is 9.59 Å². The molecule has 0 heterocycles. The predicted octanol–water partition coefficient (Wildman–Crippen LogP) is 8.72. The zero-order valence-electron chi connectivity index (χ0n) is 23.4. The fraction of sp³-hybridized carbons (Fsp3) is 0.806. The summed E-state index contributed by atoms with van der Waals surface area (Å²) < 4.78 is 11.0. The Morgan fingerprint density at radius 2 is 1.26 bits per heavy atom. The van der Waals surface area contributed by atoms with Crippen molar-refractivity contribution in [2.45, 2.75) is 149 Å². The Morgan fingerprint density at radius 3 is 1.80 bits per heavy atom. The van der Waals surface area contributed by atoms with Crippen LogP contribution in [0.5, 0.6) is 0 Å². The highest BCUT2D eigenvalue weighted by Gasteiger charge is 2.18. The Labute approximate surface area is 217 Å². The molecule has 0 aromatic carbocycles. The van der Waals surface area contributed by atoms with Gasteiger partial charge in [-0.25, -0.2) is 0 Å². The molecule has 0 N–H and O–H groups in total. The second-order valence-electron chi connectivity index (χ2n) is 10.0. The van der Waals surface area contributed by atoms with Crippen molar-refractivity contribution in [2.24, 2.45) is 5.92 Å². The van der Waals surface area contributed by atoms with Crippen LogP contribution in [-0.2, 0) is 19.1 Å². The molecule has 35 heavy (non-hydrogen) atoms. The fourth-order valence-corrected chi connectivity index (χ4v) is 4.03. The van der Waals surface area contributed by atoms with Crippen LogP contribution < -0.4 is 0 Å². The first-order valence-electron chi connectivity index (χ1n) is 14.4. The highest BCUT2D eigenvalue weighted by atomic mass is 16.5. The minimum Gasteiger partial charge on any atom is -0.466 e. The van der Waals surface area contributed by atoms with Crippen LogP contribution in [0.3, 0.4) is 0 Å². The average Bonchev–Trinajstić information content (AvgIpc) is 2.82. The van der Waals surface area contributed by atoms with E-state index in [0.29, 0.717) is 19.4 Å². The lowest BCUT2D eigenvalue weighted by atomic mass is 9.99. The van der Waals surface area contributed by atoms with Gasteiger partial charge in [-0.15, -0.1) is 0 Å². The van der Waals surface area contributed by atoms with E-state index in [4.69, 9.17) is 9.47 Å². The summed E-state index contributed by atoms with van der Waals surface area (Å²) >= 11 is 0. The van der Waals surface area contributed by atoms with Crippen molar-refractivity contribution in [3.8, 4) is 11.8 Å². The summed E-state index contributed by atoms with van der Waals surface area (Å²) in [6.07, 6.45) is 18.6. The number of rotatable bonds is 22. The molecule has 0 aromatic heterocycles. The Bertz CT molecular complexity index is 613. The summed E-state index contributed by atoms with van der Waals surface area (Å²) in [5.74, 6) is 6.04. The molecule has 0 aliphatic rings. The molecule has 0 rings (SSSR count). The van der Waals surface area contributed by atoms with Crippen LogP contribution in [-0.4, -0.2) is 24.6 Å². The molecule has 0 bridgehead atoms. The van der Waals surface area contributed by atoms with Gasteiger partial charge in [-0.1, -0.05) is 116 Å². The Balaban J connectivity index is 3.70. The second kappa shape index (κ2) is 24.0. The van der Waals surface area contributed by atoms with Crippen LogP contribution >= 0.6 is 0 Å². The molecular weight excluding hydrogens is 436 g/mol. The summed E-state index contributed by atoms with van der Waals surface area (Å²) in [6, 6.07) is 0. The van der Waals surface area contributed by atoms with E-state index >= 15 is 0 Å². The number of ether oxygens (including phenoxy) is 2. The Morgan fingerprint density at radius 1 is 0.743 bits per heavy atom. The van der Waals surface area contributed by atoms with Gasteiger partial charge in [-0.05, 0) is 38.2 Å². The third-order valence-electron chi connectivity index (χ3n) is 6.22. The first-order chi connectivity index (χ1) is 16.9. The number of hydrogen-bond donors (Lipinski definition) is 0. The zero-order chi connectivity index (χ0) is 26.2. The number of carbonyl (C=O) groups excluding carboxylic acids is 2. The van der Waals surface area contributed by atoms with E-state index in [1.165, 1.54) is 38.5 Å². The lowest BCUT2D eigenvalue weighted by Gasteiger charge is -2.19. The van der Waals surface area contributed by atoms with Crippen molar-refractivity contribution in [1.82, 2.24) is 0 Å². The monoisotopic (exact) mass is 490 g/mol. The summed E-state index contributed by atoms with van der Waals surface area (Å²) in [6.45, 7) is 12.7. The summed E-state index contributed by atoms with van der Waals surface area (Å²) in [7, 11) is 0. The van der Waals surface area contributed by atoms with Crippen molar-refractivity contribution in [2.75, 3.05) is 6.61 Å². The Kier molecular flexibility index (Phi) is 22.8. The van der Waals surface area contributed by atoms with E-state index in [2.05, 4.69) is 39.2 Å². The van der Waals surface area contributed by atoms with Crippen molar-refractivity contribution in [1.29, 1.82) is 0 Å². The van der Waals surface area contributed by atoms with Gasteiger partial charge in [0, 0.05) is 18.8 Å². The molecule has 0 saturated carbocycles. The molecule has 2 atom stereocenters. The van der Waals surface area contributed by atoms with Gasteiger partial charge in [0.1, 0.15) is 0 Å². The Hall–Kier alpha value is -1.76. The smallest absolute Gasteiger partial charge is 0.307 e. The lowest BCUT2D eigenvalue weighted by Crippen LogP contribution is -2.24. The molecule has 4 nitrogen and oxygen atoms in total. The molecule has 0 aliphatic carbocycles. The van der Waals surface area contributed by atoms with Gasteiger partial charge in [-0.2, -0.15) is 0 Å². The topological polar surface area (TPSA) is 52.6 Å². The largest absolute Gasteiger partial charge is 0.466 e. The van der Waals surface area contributed by atoms with Crippen molar-refractivity contribution in [3.63, 3.8) is 0 Å². The summed E-state index contributed by atoms with van der Waals surface area (Å²) in [5, 5.41) is 0. The van der Waals surface area contributed by atoms with Gasteiger partial charge in [0.05, 0.1) is 6.61 Å². The van der Waals surface area contributed by atoms with Crippen LogP contribution in [0.1, 0.15) is 143 Å². The van der Waals surface area contributed by atoms with Gasteiger partial charge in [0.15, 0.2) is 6.10 Å². The summed E-state index contributed by atoms with van der Waals surface area (Å²) in [5.41, 5.74) is 0.784. The molecule has 0 radical (unpaired) electrons. The SMILES string of the molecule is C=C(C)C#CC(OC(=O)CCCCCCCCC(=O)OCCCCCCCCCC)C(C)CCC. The maximum Gasteiger partial charge on any atom is 0.307 e. The molecule has 4 heteroatoms.